The van der Waals surface area contributed by atoms with Crippen molar-refractivity contribution < 1.29 is 23.8 Å². The number of nitrogens with zero attached hydrogens (tertiary/aromatic N) is 2. The van der Waals surface area contributed by atoms with Crippen molar-refractivity contribution in [2.24, 2.45) is 4.99 Å². The highest BCUT2D eigenvalue weighted by Gasteiger charge is 2.19. The van der Waals surface area contributed by atoms with Gasteiger partial charge >= 0.3 is 5.97 Å². The minimum Gasteiger partial charge on any atom is -0.468 e. The number of ether oxygens (including phenoxy) is 3. The third kappa shape index (κ3) is 4.02. The topological polar surface area (TPSA) is 79.1 Å². The Balaban J connectivity index is 1.71. The lowest BCUT2D eigenvalue weighted by molar-refractivity contribution is -0.141. The van der Waals surface area contributed by atoms with Crippen LogP contribution in [0.15, 0.2) is 41.4 Å². The molecule has 1 aliphatic rings. The van der Waals surface area contributed by atoms with E-state index in [2.05, 4.69) is 11.9 Å². The maximum absolute atomic E-state index is 12.6. The van der Waals surface area contributed by atoms with Crippen LogP contribution in [0.4, 0.5) is 0 Å². The molecular weight excluding hydrogens is 392 g/mol. The normalized spacial score (nSPS) is 13.1. The second-order valence-electron chi connectivity index (χ2n) is 6.57. The number of rotatable bonds is 5. The number of fused-ring (bicyclic) bond motifs is 2. The smallest absolute Gasteiger partial charge is 0.325 e. The molecule has 4 rings (SSSR count). The molecule has 150 valence electrons. The van der Waals surface area contributed by atoms with Gasteiger partial charge in [0.25, 0.3) is 5.91 Å². The van der Waals surface area contributed by atoms with E-state index in [1.807, 2.05) is 30.3 Å². The molecule has 0 saturated heterocycles. The van der Waals surface area contributed by atoms with E-state index in [9.17, 15) is 9.59 Å². The summed E-state index contributed by atoms with van der Waals surface area (Å²) < 4.78 is 18.2. The average Bonchev–Trinajstić information content (AvgIpc) is 3.30. The van der Waals surface area contributed by atoms with Gasteiger partial charge in [0.15, 0.2) is 16.3 Å². The molecule has 0 unspecified atom stereocenters. The Labute approximate surface area is 171 Å². The van der Waals surface area contributed by atoms with Crippen LogP contribution in [-0.4, -0.2) is 30.3 Å². The van der Waals surface area contributed by atoms with Crippen LogP contribution >= 0.6 is 11.3 Å². The first-order valence-corrected chi connectivity index (χ1v) is 10.0. The summed E-state index contributed by atoms with van der Waals surface area (Å²) >= 11 is 1.32. The zero-order valence-corrected chi connectivity index (χ0v) is 17.0. The molecule has 29 heavy (non-hydrogen) atoms. The standard InChI is InChI=1S/C21H20N2O5S/c1-3-13-4-6-14(7-5-13)8-19(24)22-21-23(11-20(25)26-2)15-9-16-17(28-12-27-16)10-18(15)29-21/h4-7,9-10H,3,8,11-12H2,1-2H3. The van der Waals surface area contributed by atoms with Crippen LogP contribution in [0, 0.1) is 0 Å². The molecule has 2 aromatic carbocycles. The lowest BCUT2D eigenvalue weighted by Gasteiger charge is -2.04. The number of amides is 1. The maximum Gasteiger partial charge on any atom is 0.325 e. The Hall–Kier alpha value is -3.13. The maximum atomic E-state index is 12.6. The molecule has 3 aromatic rings. The van der Waals surface area contributed by atoms with E-state index >= 15 is 0 Å². The van der Waals surface area contributed by atoms with Crippen molar-refractivity contribution in [3.63, 3.8) is 0 Å². The Morgan fingerprint density at radius 2 is 1.83 bits per heavy atom. The number of aromatic nitrogens is 1. The number of benzene rings is 2. The van der Waals surface area contributed by atoms with Crippen molar-refractivity contribution in [3.8, 4) is 11.5 Å². The van der Waals surface area contributed by atoms with Crippen molar-refractivity contribution in [1.29, 1.82) is 0 Å². The van der Waals surface area contributed by atoms with E-state index in [0.717, 1.165) is 22.2 Å². The summed E-state index contributed by atoms with van der Waals surface area (Å²) in [6, 6.07) is 11.5. The molecule has 0 atom stereocenters. The molecule has 0 radical (unpaired) electrons. The number of methoxy groups -OCH3 is 1. The highest BCUT2D eigenvalue weighted by atomic mass is 32.1. The van der Waals surface area contributed by atoms with E-state index in [-0.39, 0.29) is 25.7 Å². The van der Waals surface area contributed by atoms with Crippen LogP contribution in [0.5, 0.6) is 11.5 Å². The van der Waals surface area contributed by atoms with Crippen molar-refractivity contribution in [3.05, 3.63) is 52.3 Å². The summed E-state index contributed by atoms with van der Waals surface area (Å²) in [6.45, 7) is 2.20. The summed E-state index contributed by atoms with van der Waals surface area (Å²) in [5, 5.41) is 0. The average molecular weight is 412 g/mol. The molecule has 1 amide bonds. The number of esters is 1. The number of hydrogen-bond donors (Lipinski definition) is 0. The highest BCUT2D eigenvalue weighted by molar-refractivity contribution is 7.16. The first kappa shape index (κ1) is 19.2. The first-order valence-electron chi connectivity index (χ1n) is 9.22. The molecule has 0 saturated carbocycles. The lowest BCUT2D eigenvalue weighted by atomic mass is 10.1. The molecule has 7 nitrogen and oxygen atoms in total. The number of carbonyl (C=O) groups is 2. The minimum atomic E-state index is -0.425. The molecule has 0 bridgehead atoms. The largest absolute Gasteiger partial charge is 0.468 e. The molecule has 1 aliphatic heterocycles. The van der Waals surface area contributed by atoms with Gasteiger partial charge in [0.2, 0.25) is 6.79 Å². The van der Waals surface area contributed by atoms with E-state index in [4.69, 9.17) is 14.2 Å². The van der Waals surface area contributed by atoms with Crippen molar-refractivity contribution >= 4 is 33.4 Å². The quantitative estimate of drug-likeness (QED) is 0.602. The molecule has 0 N–H and O–H groups in total. The summed E-state index contributed by atoms with van der Waals surface area (Å²) in [7, 11) is 1.33. The summed E-state index contributed by atoms with van der Waals surface area (Å²) in [5.74, 6) is 0.534. The zero-order valence-electron chi connectivity index (χ0n) is 16.1. The van der Waals surface area contributed by atoms with Crippen LogP contribution in [0.2, 0.25) is 0 Å². The van der Waals surface area contributed by atoms with E-state index in [0.29, 0.717) is 16.3 Å². The predicted octanol–water partition coefficient (Wildman–Crippen LogP) is 2.84. The predicted molar refractivity (Wildman–Crippen MR) is 108 cm³/mol. The summed E-state index contributed by atoms with van der Waals surface area (Å²) in [4.78, 5) is 29.2. The Bertz CT molecular complexity index is 1140. The number of hydrogen-bond acceptors (Lipinski definition) is 6. The molecular formula is C21H20N2O5S. The minimum absolute atomic E-state index is 0.0482. The van der Waals surface area contributed by atoms with Gasteiger partial charge in [0.05, 0.1) is 23.7 Å². The van der Waals surface area contributed by atoms with Gasteiger partial charge in [-0.3, -0.25) is 9.59 Å². The van der Waals surface area contributed by atoms with Crippen LogP contribution in [0.3, 0.4) is 0 Å². The van der Waals surface area contributed by atoms with Crippen molar-refractivity contribution in [2.45, 2.75) is 26.3 Å². The lowest BCUT2D eigenvalue weighted by Crippen LogP contribution is -2.22. The van der Waals surface area contributed by atoms with Crippen molar-refractivity contribution in [2.75, 3.05) is 13.9 Å². The molecule has 0 fully saturated rings. The molecule has 0 aliphatic carbocycles. The number of carbonyl (C=O) groups excluding carboxylic acids is 2. The highest BCUT2D eigenvalue weighted by Crippen LogP contribution is 2.37. The Morgan fingerprint density at radius 1 is 1.14 bits per heavy atom. The fourth-order valence-corrected chi connectivity index (χ4v) is 4.16. The van der Waals surface area contributed by atoms with Gasteiger partial charge in [-0.1, -0.05) is 42.5 Å². The number of aryl methyl sites for hydroxylation is 1. The third-order valence-electron chi connectivity index (χ3n) is 4.70. The first-order chi connectivity index (χ1) is 14.1. The van der Waals surface area contributed by atoms with Crippen LogP contribution in [-0.2, 0) is 33.7 Å². The van der Waals surface area contributed by atoms with Crippen LogP contribution in [0.1, 0.15) is 18.1 Å². The fourth-order valence-electron chi connectivity index (χ4n) is 3.11. The molecule has 1 aromatic heterocycles. The van der Waals surface area contributed by atoms with E-state index < -0.39 is 5.97 Å². The van der Waals surface area contributed by atoms with Gasteiger partial charge in [0, 0.05) is 12.1 Å². The monoisotopic (exact) mass is 412 g/mol. The summed E-state index contributed by atoms with van der Waals surface area (Å²) in [6.07, 6.45) is 1.14. The molecule has 8 heteroatoms. The SMILES string of the molecule is CCc1ccc(CC(=O)N=c2sc3cc4c(cc3n2CC(=O)OC)OCO4)cc1. The van der Waals surface area contributed by atoms with Gasteiger partial charge in [0.1, 0.15) is 6.54 Å². The fraction of sp³-hybridized carbons (Fsp3) is 0.286. The van der Waals surface area contributed by atoms with Gasteiger partial charge in [-0.05, 0) is 17.5 Å². The number of thiazole rings is 1. The van der Waals surface area contributed by atoms with Gasteiger partial charge in [-0.15, -0.1) is 0 Å². The second-order valence-corrected chi connectivity index (χ2v) is 7.58. The van der Waals surface area contributed by atoms with Crippen LogP contribution in [0.25, 0.3) is 10.2 Å². The second kappa shape index (κ2) is 8.08. The third-order valence-corrected chi connectivity index (χ3v) is 5.74. The molecule has 2 heterocycles. The zero-order chi connectivity index (χ0) is 20.4. The Morgan fingerprint density at radius 3 is 2.52 bits per heavy atom. The van der Waals surface area contributed by atoms with Gasteiger partial charge in [-0.25, -0.2) is 0 Å². The van der Waals surface area contributed by atoms with Gasteiger partial charge < -0.3 is 18.8 Å². The van der Waals surface area contributed by atoms with Crippen LogP contribution < -0.4 is 14.3 Å². The van der Waals surface area contributed by atoms with E-state index in [1.165, 1.54) is 24.0 Å². The molecule has 0 spiro atoms. The van der Waals surface area contributed by atoms with Gasteiger partial charge in [-0.2, -0.15) is 4.99 Å². The van der Waals surface area contributed by atoms with E-state index in [1.54, 1.807) is 10.6 Å². The Kier molecular flexibility index (Phi) is 5.35. The van der Waals surface area contributed by atoms with Crippen molar-refractivity contribution in [1.82, 2.24) is 4.57 Å². The summed E-state index contributed by atoms with van der Waals surface area (Å²) in [5.41, 5.74) is 2.86.